The van der Waals surface area contributed by atoms with Gasteiger partial charge in [-0.2, -0.15) is 0 Å². The number of nitrogens with zero attached hydrogens (tertiary/aromatic N) is 5. The van der Waals surface area contributed by atoms with Gasteiger partial charge in [0, 0.05) is 44.3 Å². The fraction of sp³-hybridized carbons (Fsp3) is 0.571. The molecule has 6 nitrogen and oxygen atoms in total. The van der Waals surface area contributed by atoms with Crippen molar-refractivity contribution in [1.82, 2.24) is 24.0 Å². The smallest absolute Gasteiger partial charge is 0.122 e. The molecule has 2 aromatic rings. The van der Waals surface area contributed by atoms with E-state index in [4.69, 9.17) is 5.73 Å². The minimum Gasteiger partial charge on any atom is -0.333 e. The highest BCUT2D eigenvalue weighted by Gasteiger charge is 2.26. The Labute approximate surface area is 119 Å². The zero-order valence-electron chi connectivity index (χ0n) is 12.1. The Morgan fingerprint density at radius 2 is 2.20 bits per heavy atom. The topological polar surface area (TPSA) is 64.9 Å². The van der Waals surface area contributed by atoms with Crippen LogP contribution in [-0.2, 0) is 13.1 Å². The maximum absolute atomic E-state index is 6.05. The number of aromatic nitrogens is 4. The Balaban J connectivity index is 1.86. The standard InChI is InChI=1S/C14H22N6/c1-11(2)20-10-16-8-13(20)12(7-15)19-6-5-18-4-3-17-14(18)9-19/h3-4,8,10-12H,5-7,9,15H2,1-2H3. The molecule has 1 unspecified atom stereocenters. The highest BCUT2D eigenvalue weighted by molar-refractivity contribution is 5.09. The van der Waals surface area contributed by atoms with Gasteiger partial charge in [0.05, 0.1) is 24.6 Å². The van der Waals surface area contributed by atoms with Crippen LogP contribution >= 0.6 is 0 Å². The van der Waals surface area contributed by atoms with Crippen LogP contribution in [0.3, 0.4) is 0 Å². The van der Waals surface area contributed by atoms with Gasteiger partial charge in [-0.3, -0.25) is 4.90 Å². The molecule has 2 N–H and O–H groups in total. The number of hydrogen-bond donors (Lipinski definition) is 1. The van der Waals surface area contributed by atoms with Crippen LogP contribution in [0.1, 0.15) is 37.4 Å². The minimum atomic E-state index is 0.199. The highest BCUT2D eigenvalue weighted by atomic mass is 15.3. The van der Waals surface area contributed by atoms with Crippen molar-refractivity contribution in [3.05, 3.63) is 36.4 Å². The van der Waals surface area contributed by atoms with E-state index in [9.17, 15) is 0 Å². The molecule has 0 fully saturated rings. The van der Waals surface area contributed by atoms with Gasteiger partial charge in [-0.25, -0.2) is 9.97 Å². The van der Waals surface area contributed by atoms with Crippen molar-refractivity contribution in [1.29, 1.82) is 0 Å². The molecular weight excluding hydrogens is 252 g/mol. The molecule has 6 heteroatoms. The van der Waals surface area contributed by atoms with Gasteiger partial charge in [0.2, 0.25) is 0 Å². The molecule has 0 saturated carbocycles. The third kappa shape index (κ3) is 2.25. The Hall–Kier alpha value is -1.66. The molecule has 0 spiro atoms. The first-order chi connectivity index (χ1) is 9.70. The molecule has 3 heterocycles. The summed E-state index contributed by atoms with van der Waals surface area (Å²) in [5.41, 5.74) is 7.25. The Morgan fingerprint density at radius 1 is 1.35 bits per heavy atom. The van der Waals surface area contributed by atoms with Crippen molar-refractivity contribution in [2.75, 3.05) is 13.1 Å². The first-order valence-corrected chi connectivity index (χ1v) is 7.16. The third-order valence-electron chi connectivity index (χ3n) is 4.03. The molecule has 2 aromatic heterocycles. The summed E-state index contributed by atoms with van der Waals surface area (Å²) < 4.78 is 4.42. The van der Waals surface area contributed by atoms with Crippen molar-refractivity contribution in [3.8, 4) is 0 Å². The molecule has 3 rings (SSSR count). The van der Waals surface area contributed by atoms with E-state index in [0.29, 0.717) is 12.6 Å². The molecule has 20 heavy (non-hydrogen) atoms. The quantitative estimate of drug-likeness (QED) is 0.909. The molecule has 0 aliphatic carbocycles. The van der Waals surface area contributed by atoms with E-state index >= 15 is 0 Å². The van der Waals surface area contributed by atoms with Gasteiger partial charge in [-0.15, -0.1) is 0 Å². The molecule has 1 aliphatic heterocycles. The molecular formula is C14H22N6. The fourth-order valence-electron chi connectivity index (χ4n) is 2.92. The van der Waals surface area contributed by atoms with Crippen LogP contribution in [-0.4, -0.2) is 37.1 Å². The summed E-state index contributed by atoms with van der Waals surface area (Å²) in [5, 5.41) is 0. The summed E-state index contributed by atoms with van der Waals surface area (Å²) in [5.74, 6) is 1.12. The summed E-state index contributed by atoms with van der Waals surface area (Å²) in [6.45, 7) is 7.75. The van der Waals surface area contributed by atoms with Crippen molar-refractivity contribution in [3.63, 3.8) is 0 Å². The summed E-state index contributed by atoms with van der Waals surface area (Å²) in [7, 11) is 0. The number of imidazole rings is 2. The lowest BCUT2D eigenvalue weighted by Gasteiger charge is -2.34. The lowest BCUT2D eigenvalue weighted by atomic mass is 10.1. The molecule has 0 aromatic carbocycles. The molecule has 1 atom stereocenters. The monoisotopic (exact) mass is 274 g/mol. The first-order valence-electron chi connectivity index (χ1n) is 7.16. The van der Waals surface area contributed by atoms with E-state index in [1.807, 2.05) is 24.9 Å². The van der Waals surface area contributed by atoms with E-state index in [1.165, 1.54) is 5.69 Å². The average Bonchev–Trinajstić information content (AvgIpc) is 3.07. The molecule has 0 amide bonds. The Kier molecular flexibility index (Phi) is 3.58. The van der Waals surface area contributed by atoms with E-state index in [-0.39, 0.29) is 6.04 Å². The number of fused-ring (bicyclic) bond motifs is 1. The van der Waals surface area contributed by atoms with Gasteiger partial charge >= 0.3 is 0 Å². The van der Waals surface area contributed by atoms with Gasteiger partial charge in [-0.1, -0.05) is 0 Å². The van der Waals surface area contributed by atoms with E-state index in [2.05, 4.69) is 37.8 Å². The predicted octanol–water partition coefficient (Wildman–Crippen LogP) is 1.18. The minimum absolute atomic E-state index is 0.199. The SMILES string of the molecule is CC(C)n1cncc1C(CN)N1CCn2ccnc2C1. The van der Waals surface area contributed by atoms with Crippen molar-refractivity contribution in [2.45, 2.75) is 39.0 Å². The number of nitrogens with two attached hydrogens (primary N) is 1. The molecule has 1 aliphatic rings. The van der Waals surface area contributed by atoms with Gasteiger partial charge < -0.3 is 14.9 Å². The summed E-state index contributed by atoms with van der Waals surface area (Å²) in [6.07, 6.45) is 7.75. The molecule has 0 bridgehead atoms. The van der Waals surface area contributed by atoms with Crippen molar-refractivity contribution in [2.24, 2.45) is 5.73 Å². The van der Waals surface area contributed by atoms with Crippen molar-refractivity contribution < 1.29 is 0 Å². The summed E-state index contributed by atoms with van der Waals surface area (Å²) >= 11 is 0. The largest absolute Gasteiger partial charge is 0.333 e. The van der Waals surface area contributed by atoms with Crippen molar-refractivity contribution >= 4 is 0 Å². The lowest BCUT2D eigenvalue weighted by Crippen LogP contribution is -2.40. The second kappa shape index (κ2) is 5.38. The Morgan fingerprint density at radius 3 is 2.95 bits per heavy atom. The van der Waals surface area contributed by atoms with Gasteiger partial charge in [-0.05, 0) is 13.8 Å². The number of hydrogen-bond acceptors (Lipinski definition) is 4. The van der Waals surface area contributed by atoms with E-state index in [1.54, 1.807) is 0 Å². The summed E-state index contributed by atoms with van der Waals surface area (Å²) in [4.78, 5) is 11.1. The van der Waals surface area contributed by atoms with Crippen LogP contribution in [0.2, 0.25) is 0 Å². The lowest BCUT2D eigenvalue weighted by molar-refractivity contribution is 0.149. The predicted molar refractivity (Wildman–Crippen MR) is 77.0 cm³/mol. The molecule has 0 radical (unpaired) electrons. The normalized spacial score (nSPS) is 17.4. The van der Waals surface area contributed by atoms with Crippen LogP contribution in [0.25, 0.3) is 0 Å². The summed E-state index contributed by atoms with van der Waals surface area (Å²) in [6, 6.07) is 0.596. The number of rotatable bonds is 4. The van der Waals surface area contributed by atoms with Crippen LogP contribution in [0.15, 0.2) is 24.9 Å². The van der Waals surface area contributed by atoms with Crippen LogP contribution in [0, 0.1) is 0 Å². The maximum Gasteiger partial charge on any atom is 0.122 e. The van der Waals surface area contributed by atoms with Crippen LogP contribution in [0.4, 0.5) is 0 Å². The third-order valence-corrected chi connectivity index (χ3v) is 4.03. The molecule has 0 saturated heterocycles. The average molecular weight is 274 g/mol. The highest BCUT2D eigenvalue weighted by Crippen LogP contribution is 2.25. The van der Waals surface area contributed by atoms with Gasteiger partial charge in [0.1, 0.15) is 5.82 Å². The van der Waals surface area contributed by atoms with Gasteiger partial charge in [0.15, 0.2) is 0 Å². The Bertz CT molecular complexity index is 570. The zero-order chi connectivity index (χ0) is 14.1. The maximum atomic E-state index is 6.05. The van der Waals surface area contributed by atoms with Crippen LogP contribution in [0.5, 0.6) is 0 Å². The van der Waals surface area contributed by atoms with Gasteiger partial charge in [0.25, 0.3) is 0 Å². The second-order valence-electron chi connectivity index (χ2n) is 5.58. The zero-order valence-corrected chi connectivity index (χ0v) is 12.1. The van der Waals surface area contributed by atoms with Crippen LogP contribution < -0.4 is 5.73 Å². The van der Waals surface area contributed by atoms with E-state index in [0.717, 1.165) is 25.5 Å². The first kappa shape index (κ1) is 13.3. The second-order valence-corrected chi connectivity index (χ2v) is 5.58. The fourth-order valence-corrected chi connectivity index (χ4v) is 2.92. The molecule has 108 valence electrons. The van der Waals surface area contributed by atoms with E-state index < -0.39 is 0 Å².